The summed E-state index contributed by atoms with van der Waals surface area (Å²) >= 11 is 0. The van der Waals surface area contributed by atoms with Crippen LogP contribution in [0.2, 0.25) is 0 Å². The van der Waals surface area contributed by atoms with Gasteiger partial charge < -0.3 is 25.8 Å². The van der Waals surface area contributed by atoms with Crippen molar-refractivity contribution in [3.05, 3.63) is 42.0 Å². The van der Waals surface area contributed by atoms with Gasteiger partial charge in [-0.1, -0.05) is 38.8 Å². The quantitative estimate of drug-likeness (QED) is 0.149. The fraction of sp³-hybridized carbons (Fsp3) is 0.625. The zero-order valence-corrected chi connectivity index (χ0v) is 25.8. The van der Waals surface area contributed by atoms with Gasteiger partial charge in [0, 0.05) is 43.5 Å². The van der Waals surface area contributed by atoms with Crippen molar-refractivity contribution >= 4 is 29.3 Å². The lowest BCUT2D eigenvalue weighted by Gasteiger charge is -2.29. The second-order valence-corrected chi connectivity index (χ2v) is 11.8. The SMILES string of the molecule is CC(C)[C@H](N[C@@H](C)CCCCCN1C(=O)C=CC1=O)C(=O)N[C@@H](CCCN1CCOCC1)C(=O)Nc1ccc(CO)cc1. The van der Waals surface area contributed by atoms with Crippen LogP contribution in [0.5, 0.6) is 0 Å². The fourth-order valence-corrected chi connectivity index (χ4v) is 5.31. The lowest BCUT2D eigenvalue weighted by Crippen LogP contribution is -2.55. The number of hydrogen-bond donors (Lipinski definition) is 4. The molecule has 4 N–H and O–H groups in total. The van der Waals surface area contributed by atoms with E-state index in [1.54, 1.807) is 24.3 Å². The number of carbonyl (C=O) groups is 4. The molecule has 1 fully saturated rings. The molecular formula is C32H49N5O6. The Balaban J connectivity index is 1.52. The Kier molecular flexibility index (Phi) is 14.3. The van der Waals surface area contributed by atoms with Gasteiger partial charge in [-0.2, -0.15) is 0 Å². The van der Waals surface area contributed by atoms with Gasteiger partial charge in [0.05, 0.1) is 25.9 Å². The molecular weight excluding hydrogens is 550 g/mol. The van der Waals surface area contributed by atoms with Gasteiger partial charge in [0.15, 0.2) is 0 Å². The van der Waals surface area contributed by atoms with Crippen LogP contribution in [0, 0.1) is 5.92 Å². The summed E-state index contributed by atoms with van der Waals surface area (Å²) in [6, 6.07) is 5.89. The topological polar surface area (TPSA) is 140 Å². The number of morpholine rings is 1. The van der Waals surface area contributed by atoms with Crippen molar-refractivity contribution in [2.24, 2.45) is 5.92 Å². The molecule has 1 saturated heterocycles. The first kappa shape index (κ1) is 34.4. The van der Waals surface area contributed by atoms with Gasteiger partial charge in [0.2, 0.25) is 11.8 Å². The van der Waals surface area contributed by atoms with E-state index in [-0.39, 0.29) is 42.2 Å². The number of anilines is 1. The van der Waals surface area contributed by atoms with Crippen LogP contribution in [0.4, 0.5) is 5.69 Å². The van der Waals surface area contributed by atoms with Crippen LogP contribution in [0.3, 0.4) is 0 Å². The fourth-order valence-electron chi connectivity index (χ4n) is 5.31. The molecule has 0 saturated carbocycles. The maximum Gasteiger partial charge on any atom is 0.253 e. The zero-order chi connectivity index (χ0) is 31.2. The first-order valence-electron chi connectivity index (χ1n) is 15.6. The highest BCUT2D eigenvalue weighted by Crippen LogP contribution is 2.14. The van der Waals surface area contributed by atoms with E-state index in [4.69, 9.17) is 4.74 Å². The third-order valence-electron chi connectivity index (χ3n) is 7.94. The van der Waals surface area contributed by atoms with E-state index in [2.05, 4.69) is 20.9 Å². The van der Waals surface area contributed by atoms with Gasteiger partial charge in [-0.25, -0.2) is 0 Å². The molecule has 2 aliphatic heterocycles. The number of benzene rings is 1. The number of nitrogens with one attached hydrogen (secondary N) is 3. The maximum absolute atomic E-state index is 13.5. The molecule has 4 amide bonds. The van der Waals surface area contributed by atoms with Gasteiger partial charge in [-0.3, -0.25) is 29.0 Å². The van der Waals surface area contributed by atoms with Crippen molar-refractivity contribution in [1.29, 1.82) is 0 Å². The Morgan fingerprint density at radius 3 is 2.19 bits per heavy atom. The van der Waals surface area contributed by atoms with E-state index in [0.717, 1.165) is 57.3 Å². The molecule has 1 aromatic carbocycles. The second kappa shape index (κ2) is 17.9. The van der Waals surface area contributed by atoms with Gasteiger partial charge in [0.25, 0.3) is 11.8 Å². The van der Waals surface area contributed by atoms with Crippen LogP contribution in [-0.2, 0) is 30.5 Å². The van der Waals surface area contributed by atoms with Gasteiger partial charge in [-0.05, 0) is 62.8 Å². The molecule has 2 aliphatic rings. The molecule has 3 atom stereocenters. The van der Waals surface area contributed by atoms with Gasteiger partial charge in [-0.15, -0.1) is 0 Å². The number of unbranched alkanes of at least 4 members (excludes halogenated alkanes) is 2. The van der Waals surface area contributed by atoms with Gasteiger partial charge >= 0.3 is 0 Å². The van der Waals surface area contributed by atoms with Crippen molar-refractivity contribution < 1.29 is 29.0 Å². The average Bonchev–Trinajstić information content (AvgIpc) is 3.32. The highest BCUT2D eigenvalue weighted by atomic mass is 16.5. The Bertz CT molecular complexity index is 1070. The number of aliphatic hydroxyl groups excluding tert-OH is 1. The highest BCUT2D eigenvalue weighted by molar-refractivity contribution is 6.12. The average molecular weight is 600 g/mol. The summed E-state index contributed by atoms with van der Waals surface area (Å²) in [5.41, 5.74) is 1.36. The summed E-state index contributed by atoms with van der Waals surface area (Å²) in [6.45, 7) is 10.3. The van der Waals surface area contributed by atoms with Crippen LogP contribution in [0.15, 0.2) is 36.4 Å². The third kappa shape index (κ3) is 11.5. The number of ether oxygens (including phenoxy) is 1. The summed E-state index contributed by atoms with van der Waals surface area (Å²) in [5.74, 6) is -0.974. The molecule has 11 nitrogen and oxygen atoms in total. The number of aliphatic hydroxyl groups is 1. The minimum absolute atomic E-state index is 0.00484. The molecule has 0 spiro atoms. The van der Waals surface area contributed by atoms with Crippen LogP contribution in [-0.4, -0.2) is 96.1 Å². The molecule has 11 heteroatoms. The van der Waals surface area contributed by atoms with Crippen molar-refractivity contribution in [1.82, 2.24) is 20.4 Å². The van der Waals surface area contributed by atoms with E-state index in [0.29, 0.717) is 31.9 Å². The van der Waals surface area contributed by atoms with Crippen molar-refractivity contribution in [2.75, 3.05) is 44.7 Å². The van der Waals surface area contributed by atoms with Crippen molar-refractivity contribution in [2.45, 2.75) is 84.0 Å². The second-order valence-electron chi connectivity index (χ2n) is 11.8. The van der Waals surface area contributed by atoms with Crippen LogP contribution in [0.25, 0.3) is 0 Å². The molecule has 3 rings (SSSR count). The minimum atomic E-state index is -0.699. The van der Waals surface area contributed by atoms with E-state index in [9.17, 15) is 24.3 Å². The molecule has 2 heterocycles. The number of rotatable bonds is 18. The molecule has 43 heavy (non-hydrogen) atoms. The third-order valence-corrected chi connectivity index (χ3v) is 7.94. The molecule has 0 unspecified atom stereocenters. The zero-order valence-electron chi connectivity index (χ0n) is 25.8. The normalized spacial score (nSPS) is 17.7. The monoisotopic (exact) mass is 599 g/mol. The summed E-state index contributed by atoms with van der Waals surface area (Å²) in [7, 11) is 0. The van der Waals surface area contributed by atoms with Crippen LogP contribution in [0.1, 0.15) is 64.9 Å². The largest absolute Gasteiger partial charge is 0.392 e. The molecule has 1 aromatic rings. The number of hydrogen-bond acceptors (Lipinski definition) is 8. The minimum Gasteiger partial charge on any atom is -0.392 e. The maximum atomic E-state index is 13.5. The Morgan fingerprint density at radius 2 is 1.56 bits per heavy atom. The van der Waals surface area contributed by atoms with E-state index in [1.807, 2.05) is 20.8 Å². The Hall–Kier alpha value is -3.12. The van der Waals surface area contributed by atoms with E-state index in [1.165, 1.54) is 17.1 Å². The summed E-state index contributed by atoms with van der Waals surface area (Å²) in [4.78, 5) is 53.9. The first-order chi connectivity index (χ1) is 20.7. The smallest absolute Gasteiger partial charge is 0.253 e. The molecule has 0 aliphatic carbocycles. The number of imide groups is 1. The highest BCUT2D eigenvalue weighted by Gasteiger charge is 2.29. The first-order valence-corrected chi connectivity index (χ1v) is 15.6. The van der Waals surface area contributed by atoms with E-state index < -0.39 is 12.1 Å². The summed E-state index contributed by atoms with van der Waals surface area (Å²) in [5, 5.41) is 18.7. The number of amides is 4. The predicted molar refractivity (Wildman–Crippen MR) is 165 cm³/mol. The molecule has 238 valence electrons. The summed E-state index contributed by atoms with van der Waals surface area (Å²) in [6.07, 6.45) is 7.20. The van der Waals surface area contributed by atoms with E-state index >= 15 is 0 Å². The van der Waals surface area contributed by atoms with Gasteiger partial charge in [0.1, 0.15) is 6.04 Å². The summed E-state index contributed by atoms with van der Waals surface area (Å²) < 4.78 is 5.43. The molecule has 0 aromatic heterocycles. The molecule has 0 bridgehead atoms. The van der Waals surface area contributed by atoms with Crippen molar-refractivity contribution in [3.63, 3.8) is 0 Å². The lowest BCUT2D eigenvalue weighted by molar-refractivity contribution is -0.136. The lowest BCUT2D eigenvalue weighted by atomic mass is 9.99. The molecule has 0 radical (unpaired) electrons. The Morgan fingerprint density at radius 1 is 0.884 bits per heavy atom. The Labute approximate surface area is 255 Å². The predicted octanol–water partition coefficient (Wildman–Crippen LogP) is 2.20. The number of nitrogens with zero attached hydrogens (tertiary/aromatic N) is 2. The van der Waals surface area contributed by atoms with Crippen LogP contribution < -0.4 is 16.0 Å². The van der Waals surface area contributed by atoms with Crippen LogP contribution >= 0.6 is 0 Å². The van der Waals surface area contributed by atoms with Crippen molar-refractivity contribution in [3.8, 4) is 0 Å². The number of carbonyl (C=O) groups excluding carboxylic acids is 4. The standard InChI is InChI=1S/C32H49N5O6/c1-23(2)30(33-24(3)8-5-4-6-17-37-28(39)14-15-29(37)40)32(42)35-27(9-7-16-36-18-20-43-21-19-36)31(41)34-26-12-10-25(22-38)11-13-26/h10-15,23-24,27,30,33,38H,4-9,16-22H2,1-3H3,(H,34,41)(H,35,42)/t24-,27-,30-/m0/s1.